The van der Waals surface area contributed by atoms with Gasteiger partial charge in [0.25, 0.3) is 0 Å². The normalized spacial score (nSPS) is 19.6. The van der Waals surface area contributed by atoms with E-state index in [1.807, 2.05) is 0 Å². The van der Waals surface area contributed by atoms with Crippen molar-refractivity contribution in [3.05, 3.63) is 29.3 Å². The van der Waals surface area contributed by atoms with E-state index in [1.54, 1.807) is 6.92 Å². The summed E-state index contributed by atoms with van der Waals surface area (Å²) in [5.74, 6) is -2.92. The molecular formula is C14H15F3N2O3. The molecule has 8 heteroatoms. The van der Waals surface area contributed by atoms with Gasteiger partial charge in [0.05, 0.1) is 11.3 Å². The van der Waals surface area contributed by atoms with Gasteiger partial charge in [0.15, 0.2) is 0 Å². The van der Waals surface area contributed by atoms with Gasteiger partial charge in [-0.3, -0.25) is 9.79 Å². The van der Waals surface area contributed by atoms with Crippen LogP contribution in [0.4, 0.5) is 18.9 Å². The molecule has 1 aliphatic heterocycles. The minimum Gasteiger partial charge on any atom is -0.360 e. The molecule has 0 saturated carbocycles. The molecule has 0 radical (unpaired) electrons. The molecule has 2 rings (SSSR count). The number of aliphatic hydroxyl groups is 2. The molecule has 0 fully saturated rings. The summed E-state index contributed by atoms with van der Waals surface area (Å²) in [6.07, 6.45) is -2.76. The van der Waals surface area contributed by atoms with Crippen molar-refractivity contribution < 1.29 is 28.2 Å². The topological polar surface area (TPSA) is 81.9 Å². The van der Waals surface area contributed by atoms with Crippen LogP contribution in [-0.2, 0) is 16.8 Å². The van der Waals surface area contributed by atoms with Gasteiger partial charge in [-0.25, -0.2) is 0 Å². The minimum atomic E-state index is -4.55. The number of hydrogen-bond donors (Lipinski definition) is 3. The van der Waals surface area contributed by atoms with Crippen LogP contribution in [0, 0.1) is 0 Å². The van der Waals surface area contributed by atoms with Crippen molar-refractivity contribution in [1.82, 2.24) is 5.32 Å². The summed E-state index contributed by atoms with van der Waals surface area (Å²) in [6.45, 7) is 1.79. The quantitative estimate of drug-likeness (QED) is 0.744. The molecule has 1 amide bonds. The summed E-state index contributed by atoms with van der Waals surface area (Å²) in [5.41, 5.74) is -1.32. The van der Waals surface area contributed by atoms with Crippen LogP contribution in [0.1, 0.15) is 30.9 Å². The summed E-state index contributed by atoms with van der Waals surface area (Å²) in [7, 11) is 0. The van der Waals surface area contributed by atoms with Crippen LogP contribution in [-0.4, -0.2) is 28.4 Å². The van der Waals surface area contributed by atoms with E-state index in [0.29, 0.717) is 6.42 Å². The van der Waals surface area contributed by atoms with E-state index in [2.05, 4.69) is 10.3 Å². The summed E-state index contributed by atoms with van der Waals surface area (Å²) in [4.78, 5) is 15.4. The highest BCUT2D eigenvalue weighted by molar-refractivity contribution is 5.84. The van der Waals surface area contributed by atoms with Crippen LogP contribution in [0.5, 0.6) is 0 Å². The fraction of sp³-hybridized carbons (Fsp3) is 0.429. The summed E-state index contributed by atoms with van der Waals surface area (Å²) in [5, 5.41) is 22.7. The number of nitrogens with zero attached hydrogens (tertiary/aromatic N) is 1. The fourth-order valence-corrected chi connectivity index (χ4v) is 2.16. The molecule has 1 atom stereocenters. The second-order valence-electron chi connectivity index (χ2n) is 5.03. The Labute approximate surface area is 124 Å². The van der Waals surface area contributed by atoms with Gasteiger partial charge in [-0.15, -0.1) is 0 Å². The number of nitrogens with one attached hydrogen (secondary N) is 1. The Balaban J connectivity index is 2.33. The third kappa shape index (κ3) is 3.12. The predicted octanol–water partition coefficient (Wildman–Crippen LogP) is 1.84. The van der Waals surface area contributed by atoms with Crippen molar-refractivity contribution in [2.24, 2.45) is 4.99 Å². The highest BCUT2D eigenvalue weighted by Crippen LogP contribution is 2.39. The zero-order valence-corrected chi connectivity index (χ0v) is 11.7. The average Bonchev–Trinajstić information content (AvgIpc) is 2.41. The van der Waals surface area contributed by atoms with E-state index < -0.39 is 29.5 Å². The van der Waals surface area contributed by atoms with Crippen molar-refractivity contribution in [2.45, 2.75) is 37.8 Å². The molecule has 5 nitrogen and oxygen atoms in total. The maximum absolute atomic E-state index is 12.7. The molecule has 0 bridgehead atoms. The largest absolute Gasteiger partial charge is 0.416 e. The third-order valence-electron chi connectivity index (χ3n) is 3.31. The zero-order chi connectivity index (χ0) is 16.5. The Hall–Kier alpha value is -1.93. The van der Waals surface area contributed by atoms with E-state index in [4.69, 9.17) is 0 Å². The second kappa shape index (κ2) is 5.69. The number of fused-ring (bicyclic) bond motifs is 1. The highest BCUT2D eigenvalue weighted by Gasteiger charge is 2.42. The Kier molecular flexibility index (Phi) is 4.25. The van der Waals surface area contributed by atoms with E-state index in [1.165, 1.54) is 0 Å². The number of rotatable bonds is 3. The molecule has 120 valence electrons. The maximum atomic E-state index is 12.7. The van der Waals surface area contributed by atoms with Crippen molar-refractivity contribution in [2.75, 3.05) is 0 Å². The van der Waals surface area contributed by atoms with Crippen LogP contribution < -0.4 is 5.32 Å². The number of halogens is 3. The van der Waals surface area contributed by atoms with Gasteiger partial charge in [0, 0.05) is 18.2 Å². The Morgan fingerprint density at radius 2 is 2.09 bits per heavy atom. The Bertz CT molecular complexity index is 612. The first-order valence-corrected chi connectivity index (χ1v) is 6.66. The van der Waals surface area contributed by atoms with E-state index in [9.17, 15) is 28.2 Å². The lowest BCUT2D eigenvalue weighted by Crippen LogP contribution is -2.53. The molecule has 22 heavy (non-hydrogen) atoms. The lowest BCUT2D eigenvalue weighted by atomic mass is 9.93. The highest BCUT2D eigenvalue weighted by atomic mass is 19.4. The van der Waals surface area contributed by atoms with E-state index in [-0.39, 0.29) is 17.7 Å². The SMILES string of the molecule is CCCC(=O)NC1C=Nc2cc(C(F)(F)F)ccc2C1(O)O. The van der Waals surface area contributed by atoms with Crippen LogP contribution >= 0.6 is 0 Å². The molecule has 1 aromatic rings. The first kappa shape index (κ1) is 16.4. The monoisotopic (exact) mass is 316 g/mol. The van der Waals surface area contributed by atoms with Crippen molar-refractivity contribution in [3.8, 4) is 0 Å². The van der Waals surface area contributed by atoms with Crippen molar-refractivity contribution in [3.63, 3.8) is 0 Å². The minimum absolute atomic E-state index is 0.190. The molecule has 0 spiro atoms. The predicted molar refractivity (Wildman–Crippen MR) is 72.6 cm³/mol. The van der Waals surface area contributed by atoms with Crippen molar-refractivity contribution >= 4 is 17.8 Å². The molecule has 1 aromatic carbocycles. The van der Waals surface area contributed by atoms with Gasteiger partial charge in [-0.2, -0.15) is 13.2 Å². The number of aliphatic imine (C=N–C) groups is 1. The fourth-order valence-electron chi connectivity index (χ4n) is 2.16. The summed E-state index contributed by atoms with van der Waals surface area (Å²) < 4.78 is 38.0. The number of hydrogen-bond acceptors (Lipinski definition) is 4. The number of benzene rings is 1. The zero-order valence-electron chi connectivity index (χ0n) is 11.7. The van der Waals surface area contributed by atoms with Gasteiger partial charge >= 0.3 is 6.18 Å². The van der Waals surface area contributed by atoms with Gasteiger partial charge in [0.2, 0.25) is 11.7 Å². The first-order valence-electron chi connectivity index (χ1n) is 6.66. The average molecular weight is 316 g/mol. The lowest BCUT2D eigenvalue weighted by molar-refractivity contribution is -0.180. The Morgan fingerprint density at radius 3 is 2.68 bits per heavy atom. The molecule has 0 aromatic heterocycles. The van der Waals surface area contributed by atoms with E-state index >= 15 is 0 Å². The Morgan fingerprint density at radius 1 is 1.41 bits per heavy atom. The number of carbonyl (C=O) groups excluding carboxylic acids is 1. The number of alkyl halides is 3. The van der Waals surface area contributed by atoms with Crippen LogP contribution in [0.3, 0.4) is 0 Å². The summed E-state index contributed by atoms with van der Waals surface area (Å²) in [6, 6.07) is 1.20. The number of amides is 1. The molecule has 0 aliphatic carbocycles. The molecule has 1 heterocycles. The molecule has 3 N–H and O–H groups in total. The van der Waals surface area contributed by atoms with Crippen LogP contribution in [0.2, 0.25) is 0 Å². The lowest BCUT2D eigenvalue weighted by Gasteiger charge is -2.33. The van der Waals surface area contributed by atoms with Gasteiger partial charge in [-0.1, -0.05) is 13.0 Å². The summed E-state index contributed by atoms with van der Waals surface area (Å²) >= 11 is 0. The smallest absolute Gasteiger partial charge is 0.360 e. The van der Waals surface area contributed by atoms with Crippen LogP contribution in [0.15, 0.2) is 23.2 Å². The van der Waals surface area contributed by atoms with Crippen LogP contribution in [0.25, 0.3) is 0 Å². The van der Waals surface area contributed by atoms with Gasteiger partial charge in [0.1, 0.15) is 6.04 Å². The first-order chi connectivity index (χ1) is 10.2. The molecule has 0 saturated heterocycles. The molecule has 1 aliphatic rings. The van der Waals surface area contributed by atoms with Crippen molar-refractivity contribution in [1.29, 1.82) is 0 Å². The standard InChI is InChI=1S/C14H15F3N2O3/c1-2-3-12(20)19-11-7-18-10-6-8(14(15,16)17)4-5-9(10)13(11,21)22/h4-7,11,21-22H,2-3H2,1H3,(H,19,20). The third-order valence-corrected chi connectivity index (χ3v) is 3.31. The molecular weight excluding hydrogens is 301 g/mol. The molecule has 1 unspecified atom stereocenters. The number of carbonyl (C=O) groups is 1. The van der Waals surface area contributed by atoms with Gasteiger partial charge in [-0.05, 0) is 18.6 Å². The maximum Gasteiger partial charge on any atom is 0.416 e. The van der Waals surface area contributed by atoms with E-state index in [0.717, 1.165) is 24.4 Å². The second-order valence-corrected chi connectivity index (χ2v) is 5.03. The van der Waals surface area contributed by atoms with Gasteiger partial charge < -0.3 is 15.5 Å².